The number of amides is 1. The molecule has 0 aromatic heterocycles. The Balaban J connectivity index is 1.78. The van der Waals surface area contributed by atoms with Crippen LogP contribution in [0.2, 0.25) is 0 Å². The number of nitrogens with one attached hydrogen (secondary N) is 1. The summed E-state index contributed by atoms with van der Waals surface area (Å²) in [6, 6.07) is 13.1. The van der Waals surface area contributed by atoms with Gasteiger partial charge in [-0.2, -0.15) is 0 Å². The number of amidine groups is 1. The molecule has 0 radical (unpaired) electrons. The van der Waals surface area contributed by atoms with Crippen LogP contribution in [0.4, 0.5) is 5.69 Å². The number of carbonyl (C=O) groups is 1. The summed E-state index contributed by atoms with van der Waals surface area (Å²) in [5, 5.41) is 4.69. The van der Waals surface area contributed by atoms with Crippen molar-refractivity contribution in [1.82, 2.24) is 5.32 Å². The molecule has 2 aliphatic rings. The first-order chi connectivity index (χ1) is 13.8. The lowest BCUT2D eigenvalue weighted by Gasteiger charge is -2.25. The molecule has 4 nitrogen and oxygen atoms in total. The maximum atomic E-state index is 12.9. The third-order valence-corrected chi connectivity index (χ3v) is 6.80. The quantitative estimate of drug-likeness (QED) is 0.810. The molecule has 1 amide bonds. The predicted octanol–water partition coefficient (Wildman–Crippen LogP) is 4.53. The number of thioether (sulfide) groups is 1. The van der Waals surface area contributed by atoms with Crippen LogP contribution in [0.5, 0.6) is 0 Å². The number of rotatable bonds is 4. The normalized spacial score (nSPS) is 18.6. The van der Waals surface area contributed by atoms with Gasteiger partial charge in [-0.1, -0.05) is 59.3 Å². The summed E-state index contributed by atoms with van der Waals surface area (Å²) >= 11 is 1.77. The topological polar surface area (TPSA) is 44.7 Å². The van der Waals surface area contributed by atoms with E-state index in [0.717, 1.165) is 35.1 Å². The second-order valence-electron chi connectivity index (χ2n) is 8.66. The highest BCUT2D eigenvalue weighted by molar-refractivity contribution is 8.14. The summed E-state index contributed by atoms with van der Waals surface area (Å²) < 4.78 is 0. The van der Waals surface area contributed by atoms with E-state index in [1.165, 1.54) is 22.3 Å². The van der Waals surface area contributed by atoms with Gasteiger partial charge in [0.1, 0.15) is 0 Å². The Labute approximate surface area is 177 Å². The standard InChI is InChI=1S/C24H29N3OS/c1-15-11-16(2)13-17(12-15)14-20(26-23-25-9-10-29-23)18-7-6-8-19-21(18)27(5)22(28)24(19,3)4/h6-8,11-13,20H,9-10,14H2,1-5H3,(H,25,26). The van der Waals surface area contributed by atoms with Gasteiger partial charge in [0.05, 0.1) is 23.7 Å². The summed E-state index contributed by atoms with van der Waals surface area (Å²) in [7, 11) is 1.90. The van der Waals surface area contributed by atoms with Crippen molar-refractivity contribution in [3.8, 4) is 0 Å². The molecule has 1 atom stereocenters. The molecule has 1 unspecified atom stereocenters. The van der Waals surface area contributed by atoms with Crippen LogP contribution in [0.15, 0.2) is 41.4 Å². The number of benzene rings is 2. The second-order valence-corrected chi connectivity index (χ2v) is 9.75. The van der Waals surface area contributed by atoms with Crippen molar-refractivity contribution in [2.45, 2.75) is 45.6 Å². The van der Waals surface area contributed by atoms with Gasteiger partial charge in [0.2, 0.25) is 5.91 Å². The number of nitrogens with zero attached hydrogens (tertiary/aromatic N) is 2. The molecule has 0 saturated carbocycles. The molecule has 0 aliphatic carbocycles. The minimum absolute atomic E-state index is 0.0552. The predicted molar refractivity (Wildman–Crippen MR) is 123 cm³/mol. The van der Waals surface area contributed by atoms with Crippen molar-refractivity contribution in [3.05, 3.63) is 64.2 Å². The first-order valence-corrected chi connectivity index (χ1v) is 11.2. The molecule has 0 fully saturated rings. The fourth-order valence-corrected chi connectivity index (χ4v) is 5.37. The monoisotopic (exact) mass is 407 g/mol. The first-order valence-electron chi connectivity index (χ1n) is 10.2. The molecule has 2 aliphatic heterocycles. The Bertz CT molecular complexity index is 975. The van der Waals surface area contributed by atoms with E-state index >= 15 is 0 Å². The fraction of sp³-hybridized carbons (Fsp3) is 0.417. The molecule has 0 spiro atoms. The Kier molecular flexibility index (Phi) is 5.19. The third-order valence-electron chi connectivity index (χ3n) is 5.90. The van der Waals surface area contributed by atoms with Gasteiger partial charge in [0.25, 0.3) is 0 Å². The van der Waals surface area contributed by atoms with Crippen molar-refractivity contribution in [3.63, 3.8) is 0 Å². The Morgan fingerprint density at radius 1 is 1.21 bits per heavy atom. The summed E-state index contributed by atoms with van der Waals surface area (Å²) in [5.41, 5.74) is 6.68. The van der Waals surface area contributed by atoms with Crippen LogP contribution in [-0.4, -0.2) is 30.4 Å². The highest BCUT2D eigenvalue weighted by Gasteiger charge is 2.44. The largest absolute Gasteiger partial charge is 0.358 e. The highest BCUT2D eigenvalue weighted by atomic mass is 32.2. The van der Waals surface area contributed by atoms with Gasteiger partial charge >= 0.3 is 0 Å². The van der Waals surface area contributed by atoms with Gasteiger partial charge in [-0.25, -0.2) is 0 Å². The molecule has 5 heteroatoms. The molecule has 1 N–H and O–H groups in total. The van der Waals surface area contributed by atoms with E-state index in [2.05, 4.69) is 60.6 Å². The molecule has 2 aromatic carbocycles. The summed E-state index contributed by atoms with van der Waals surface area (Å²) in [6.45, 7) is 9.19. The fourth-order valence-electron chi connectivity index (χ4n) is 4.59. The number of anilines is 1. The van der Waals surface area contributed by atoms with Crippen molar-refractivity contribution in [2.24, 2.45) is 4.99 Å². The lowest BCUT2D eigenvalue weighted by Crippen LogP contribution is -2.34. The zero-order valence-electron chi connectivity index (χ0n) is 17.9. The number of hydrogen-bond donors (Lipinski definition) is 1. The van der Waals surface area contributed by atoms with Gasteiger partial charge in [0.15, 0.2) is 5.17 Å². The average molecular weight is 408 g/mol. The summed E-state index contributed by atoms with van der Waals surface area (Å²) in [4.78, 5) is 19.4. The lowest BCUT2D eigenvalue weighted by molar-refractivity contribution is -0.121. The van der Waals surface area contributed by atoms with E-state index in [4.69, 9.17) is 0 Å². The third kappa shape index (κ3) is 3.68. The molecule has 4 rings (SSSR count). The van der Waals surface area contributed by atoms with Crippen LogP contribution >= 0.6 is 11.8 Å². The number of hydrogen-bond acceptors (Lipinski definition) is 4. The van der Waals surface area contributed by atoms with Crippen LogP contribution < -0.4 is 10.2 Å². The van der Waals surface area contributed by atoms with Crippen LogP contribution in [0, 0.1) is 13.8 Å². The number of fused-ring (bicyclic) bond motifs is 1. The van der Waals surface area contributed by atoms with Gasteiger partial charge in [-0.15, -0.1) is 0 Å². The SMILES string of the molecule is Cc1cc(C)cc(CC(NC2=NCCS2)c2cccc3c2N(C)C(=O)C3(C)C)c1. The Hall–Kier alpha value is -2.27. The van der Waals surface area contributed by atoms with E-state index in [0.29, 0.717) is 0 Å². The van der Waals surface area contributed by atoms with E-state index < -0.39 is 5.41 Å². The van der Waals surface area contributed by atoms with Crippen LogP contribution in [-0.2, 0) is 16.6 Å². The minimum Gasteiger partial charge on any atom is -0.358 e. The van der Waals surface area contributed by atoms with Gasteiger partial charge in [0, 0.05) is 12.8 Å². The van der Waals surface area contributed by atoms with Crippen molar-refractivity contribution < 1.29 is 4.79 Å². The average Bonchev–Trinajstić information content (AvgIpc) is 3.23. The van der Waals surface area contributed by atoms with Gasteiger partial charge in [-0.05, 0) is 50.8 Å². The molecule has 29 heavy (non-hydrogen) atoms. The van der Waals surface area contributed by atoms with Crippen molar-refractivity contribution >= 4 is 28.5 Å². The number of para-hydroxylation sites is 1. The maximum absolute atomic E-state index is 12.9. The smallest absolute Gasteiger partial charge is 0.236 e. The molecule has 2 heterocycles. The number of likely N-dealkylation sites (N-methyl/N-ethyl adjacent to an activating group) is 1. The van der Waals surface area contributed by atoms with Crippen LogP contribution in [0.1, 0.15) is 47.7 Å². The number of carbonyl (C=O) groups excluding carboxylic acids is 1. The Morgan fingerprint density at radius 3 is 2.59 bits per heavy atom. The number of aryl methyl sites for hydroxylation is 2. The summed E-state index contributed by atoms with van der Waals surface area (Å²) in [6.07, 6.45) is 0.848. The zero-order chi connectivity index (χ0) is 20.8. The highest BCUT2D eigenvalue weighted by Crippen LogP contribution is 2.45. The molecule has 0 bridgehead atoms. The molecular formula is C24H29N3OS. The molecule has 0 saturated heterocycles. The van der Waals surface area contributed by atoms with Gasteiger partial charge < -0.3 is 10.2 Å². The maximum Gasteiger partial charge on any atom is 0.236 e. The summed E-state index contributed by atoms with van der Waals surface area (Å²) in [5.74, 6) is 1.18. The number of aliphatic imine (C=N–C) groups is 1. The van der Waals surface area contributed by atoms with Gasteiger partial charge in [-0.3, -0.25) is 9.79 Å². The zero-order valence-corrected chi connectivity index (χ0v) is 18.7. The van der Waals surface area contributed by atoms with Crippen molar-refractivity contribution in [2.75, 3.05) is 24.2 Å². The van der Waals surface area contributed by atoms with E-state index in [9.17, 15) is 4.79 Å². The molecule has 2 aromatic rings. The van der Waals surface area contributed by atoms with E-state index in [1.54, 1.807) is 11.8 Å². The Morgan fingerprint density at radius 2 is 1.93 bits per heavy atom. The van der Waals surface area contributed by atoms with Crippen molar-refractivity contribution in [1.29, 1.82) is 0 Å². The first kappa shape index (κ1) is 20.0. The minimum atomic E-state index is -0.496. The van der Waals surface area contributed by atoms with Crippen LogP contribution in [0.25, 0.3) is 0 Å². The molecule has 152 valence electrons. The molecular weight excluding hydrogens is 378 g/mol. The lowest BCUT2D eigenvalue weighted by atomic mass is 9.84. The van der Waals surface area contributed by atoms with E-state index in [1.807, 2.05) is 25.8 Å². The van der Waals surface area contributed by atoms with E-state index in [-0.39, 0.29) is 11.9 Å². The second kappa shape index (κ2) is 7.52. The van der Waals surface area contributed by atoms with Crippen LogP contribution in [0.3, 0.4) is 0 Å².